The van der Waals surface area contributed by atoms with Gasteiger partial charge in [0.1, 0.15) is 5.60 Å². The molecule has 6 heteroatoms. The van der Waals surface area contributed by atoms with Crippen molar-refractivity contribution in [2.45, 2.75) is 97.4 Å². The van der Waals surface area contributed by atoms with Gasteiger partial charge in [-0.3, -0.25) is 0 Å². The highest BCUT2D eigenvalue weighted by atomic mass is 28.4. The monoisotopic (exact) mass is 476 g/mol. The van der Waals surface area contributed by atoms with Crippen LogP contribution in [0.5, 0.6) is 0 Å². The number of hydrogen-bond acceptors (Lipinski definition) is 5. The summed E-state index contributed by atoms with van der Waals surface area (Å²) in [6.45, 7) is 20.4. The third kappa shape index (κ3) is 3.50. The lowest BCUT2D eigenvalue weighted by Crippen LogP contribution is -2.71. The quantitative estimate of drug-likeness (QED) is 0.323. The van der Waals surface area contributed by atoms with Crippen LogP contribution < -0.4 is 0 Å². The predicted molar refractivity (Wildman–Crippen MR) is 133 cm³/mol. The van der Waals surface area contributed by atoms with Gasteiger partial charge in [-0.15, -0.1) is 0 Å². The molecule has 33 heavy (non-hydrogen) atoms. The van der Waals surface area contributed by atoms with E-state index in [1.807, 2.05) is 6.08 Å². The minimum Gasteiger partial charge on any atom is -0.466 e. The summed E-state index contributed by atoms with van der Waals surface area (Å²) in [4.78, 5) is 26.0. The van der Waals surface area contributed by atoms with Crippen LogP contribution in [-0.4, -0.2) is 40.1 Å². The Balaban J connectivity index is 2.33. The molecule has 4 aliphatic rings. The van der Waals surface area contributed by atoms with Gasteiger partial charge in [-0.2, -0.15) is 0 Å². The highest BCUT2D eigenvalue weighted by molar-refractivity contribution is 6.77. The molecule has 5 nitrogen and oxygen atoms in total. The molecule has 4 atom stereocenters. The predicted octanol–water partition coefficient (Wildman–Crippen LogP) is 6.20. The summed E-state index contributed by atoms with van der Waals surface area (Å²) in [6, 6.07) is 0. The molecule has 0 aliphatic heterocycles. The fourth-order valence-corrected chi connectivity index (χ4v) is 13.5. The van der Waals surface area contributed by atoms with E-state index >= 15 is 0 Å². The molecule has 186 valence electrons. The van der Waals surface area contributed by atoms with Gasteiger partial charge in [0, 0.05) is 22.8 Å². The molecule has 0 saturated heterocycles. The van der Waals surface area contributed by atoms with E-state index in [9.17, 15) is 9.59 Å². The van der Waals surface area contributed by atoms with Crippen LogP contribution >= 0.6 is 0 Å². The van der Waals surface area contributed by atoms with Crippen LogP contribution in [0.25, 0.3) is 0 Å². The van der Waals surface area contributed by atoms with E-state index < -0.39 is 19.3 Å². The summed E-state index contributed by atoms with van der Waals surface area (Å²) >= 11 is 0. The van der Waals surface area contributed by atoms with Crippen molar-refractivity contribution in [1.82, 2.24) is 0 Å². The van der Waals surface area contributed by atoms with Gasteiger partial charge in [0.05, 0.1) is 19.8 Å². The minimum absolute atomic E-state index is 0.00884. The van der Waals surface area contributed by atoms with Crippen molar-refractivity contribution in [2.24, 2.45) is 22.7 Å². The van der Waals surface area contributed by atoms with Gasteiger partial charge >= 0.3 is 11.9 Å². The van der Waals surface area contributed by atoms with Crippen LogP contribution in [0.2, 0.25) is 16.6 Å². The van der Waals surface area contributed by atoms with E-state index in [0.717, 1.165) is 18.4 Å². The lowest BCUT2D eigenvalue weighted by molar-refractivity contribution is -0.151. The summed E-state index contributed by atoms with van der Waals surface area (Å²) in [6.07, 6.45) is 5.82. The number of esters is 2. The molecule has 0 heterocycles. The second-order valence-corrected chi connectivity index (χ2v) is 17.7. The standard InChI is InChI=1S/C27H44O5Si/c1-16(2)33(17(3)4,18(5)6)32-27-19-12-20(23(28)30-10)21(14-25(7,8)13-19)26(27,9)15-22(27)24(29)31-11/h12,15-19,21H,13-14H2,1-11H3/t19-,21-,26+,27-/m1/s1. The summed E-state index contributed by atoms with van der Waals surface area (Å²) in [5, 5.41) is 0. The molecule has 4 aliphatic carbocycles. The Morgan fingerprint density at radius 1 is 0.909 bits per heavy atom. The van der Waals surface area contributed by atoms with E-state index in [2.05, 4.69) is 68.4 Å². The van der Waals surface area contributed by atoms with Crippen LogP contribution in [0.3, 0.4) is 0 Å². The minimum atomic E-state index is -2.38. The third-order valence-corrected chi connectivity index (χ3v) is 15.1. The summed E-state index contributed by atoms with van der Waals surface area (Å²) < 4.78 is 18.1. The Kier molecular flexibility index (Phi) is 6.64. The first-order chi connectivity index (χ1) is 15.1. The third-order valence-electron chi connectivity index (χ3n) is 9.05. The molecule has 1 fully saturated rings. The molecule has 2 bridgehead atoms. The van der Waals surface area contributed by atoms with Crippen LogP contribution in [0.1, 0.15) is 75.2 Å². The second-order valence-electron chi connectivity index (χ2n) is 12.3. The van der Waals surface area contributed by atoms with Crippen molar-refractivity contribution in [1.29, 1.82) is 0 Å². The fraction of sp³-hybridized carbons (Fsp3) is 0.778. The smallest absolute Gasteiger partial charge is 0.336 e. The summed E-state index contributed by atoms with van der Waals surface area (Å²) in [5.74, 6) is -0.764. The maximum atomic E-state index is 13.1. The Labute approximate surface area is 201 Å². The molecule has 0 unspecified atom stereocenters. The fourth-order valence-electron chi connectivity index (χ4n) is 7.74. The van der Waals surface area contributed by atoms with E-state index in [1.54, 1.807) is 0 Å². The summed E-state index contributed by atoms with van der Waals surface area (Å²) in [7, 11) is 0.509. The first kappa shape index (κ1) is 26.2. The lowest BCUT2D eigenvalue weighted by atomic mass is 9.46. The molecule has 0 radical (unpaired) electrons. The zero-order chi connectivity index (χ0) is 25.1. The van der Waals surface area contributed by atoms with Gasteiger partial charge in [-0.1, -0.05) is 74.5 Å². The van der Waals surface area contributed by atoms with E-state index in [0.29, 0.717) is 22.2 Å². The molecule has 4 rings (SSSR count). The number of ether oxygens (including phenoxy) is 2. The van der Waals surface area contributed by atoms with E-state index in [4.69, 9.17) is 13.9 Å². The van der Waals surface area contributed by atoms with E-state index in [-0.39, 0.29) is 29.2 Å². The topological polar surface area (TPSA) is 61.8 Å². The van der Waals surface area contributed by atoms with Crippen molar-refractivity contribution >= 4 is 20.3 Å². The Morgan fingerprint density at radius 3 is 1.88 bits per heavy atom. The van der Waals surface area contributed by atoms with Gasteiger partial charge in [0.15, 0.2) is 0 Å². The van der Waals surface area contributed by atoms with Crippen molar-refractivity contribution < 1.29 is 23.5 Å². The number of hydrogen-bond donors (Lipinski definition) is 0. The van der Waals surface area contributed by atoms with Gasteiger partial charge < -0.3 is 13.9 Å². The molecule has 0 aromatic rings. The largest absolute Gasteiger partial charge is 0.466 e. The summed E-state index contributed by atoms with van der Waals surface area (Å²) in [5.41, 5.74) is 1.20. The zero-order valence-electron chi connectivity index (χ0n) is 22.5. The van der Waals surface area contributed by atoms with Crippen LogP contribution in [0.15, 0.2) is 23.3 Å². The average Bonchev–Trinajstić information content (AvgIpc) is 2.88. The van der Waals surface area contributed by atoms with Crippen molar-refractivity contribution in [3.63, 3.8) is 0 Å². The first-order valence-electron chi connectivity index (χ1n) is 12.5. The Morgan fingerprint density at radius 2 is 1.42 bits per heavy atom. The van der Waals surface area contributed by atoms with E-state index in [1.165, 1.54) is 14.2 Å². The highest BCUT2D eigenvalue weighted by Crippen LogP contribution is 2.70. The molecular formula is C27H44O5Si. The SMILES string of the molecule is COC(=O)C1=C[C@@H]2CC(C)(C)C[C@H]1[C@]1(C)C=C(C(=O)OC)[C@]21O[Si](C(C)C)(C(C)C)C(C)C. The number of rotatable bonds is 7. The van der Waals surface area contributed by atoms with Crippen molar-refractivity contribution in [2.75, 3.05) is 14.2 Å². The Bertz CT molecular complexity index is 861. The molecule has 0 spiro atoms. The maximum absolute atomic E-state index is 13.1. The highest BCUT2D eigenvalue weighted by Gasteiger charge is 2.73. The second kappa shape index (κ2) is 8.37. The molecular weight excluding hydrogens is 432 g/mol. The molecule has 1 saturated carbocycles. The molecule has 0 aromatic heterocycles. The number of carbonyl (C=O) groups is 2. The first-order valence-corrected chi connectivity index (χ1v) is 14.6. The van der Waals surface area contributed by atoms with Gasteiger partial charge in [0.25, 0.3) is 0 Å². The van der Waals surface area contributed by atoms with Crippen molar-refractivity contribution in [3.05, 3.63) is 23.3 Å². The average molecular weight is 477 g/mol. The van der Waals surface area contributed by atoms with Gasteiger partial charge in [-0.25, -0.2) is 9.59 Å². The molecule has 0 aromatic carbocycles. The maximum Gasteiger partial charge on any atom is 0.336 e. The number of carbonyl (C=O) groups excluding carboxylic acids is 2. The van der Waals surface area contributed by atoms with Crippen LogP contribution in [0, 0.1) is 22.7 Å². The normalized spacial score (nSPS) is 32.7. The van der Waals surface area contributed by atoms with Crippen LogP contribution in [-0.2, 0) is 23.5 Å². The zero-order valence-corrected chi connectivity index (χ0v) is 23.5. The van der Waals surface area contributed by atoms with Crippen LogP contribution in [0.4, 0.5) is 0 Å². The van der Waals surface area contributed by atoms with Gasteiger partial charge in [-0.05, 0) is 34.9 Å². The molecule has 0 N–H and O–H groups in total. The van der Waals surface area contributed by atoms with Gasteiger partial charge in [0.2, 0.25) is 8.32 Å². The number of fused-ring (bicyclic) bond motifs is 2. The molecule has 0 amide bonds. The lowest BCUT2D eigenvalue weighted by Gasteiger charge is -2.65. The van der Waals surface area contributed by atoms with Crippen molar-refractivity contribution in [3.8, 4) is 0 Å². The Hall–Kier alpha value is -1.40. The number of methoxy groups -OCH3 is 2.